The number of aliphatic carboxylic acids is 1. The number of carbonyl (C=O) groups excluding carboxylic acids is 1. The molecular formula is C12H13Cl2FN2O4. The van der Waals surface area contributed by atoms with E-state index in [0.29, 0.717) is 0 Å². The van der Waals surface area contributed by atoms with E-state index < -0.39 is 29.8 Å². The van der Waals surface area contributed by atoms with Crippen LogP contribution in [0.15, 0.2) is 12.1 Å². The third-order valence-corrected chi connectivity index (χ3v) is 2.95. The Morgan fingerprint density at radius 1 is 1.33 bits per heavy atom. The molecule has 1 aromatic carbocycles. The van der Waals surface area contributed by atoms with Crippen LogP contribution in [0.4, 0.5) is 14.9 Å². The highest BCUT2D eigenvalue weighted by molar-refractivity contribution is 6.35. The van der Waals surface area contributed by atoms with Gasteiger partial charge in [0.25, 0.3) is 0 Å². The molecule has 0 saturated heterocycles. The molecule has 1 unspecified atom stereocenters. The number of nitrogens with one attached hydrogen (secondary N) is 2. The summed E-state index contributed by atoms with van der Waals surface area (Å²) in [5.41, 5.74) is -1.44. The third-order valence-electron chi connectivity index (χ3n) is 2.40. The summed E-state index contributed by atoms with van der Waals surface area (Å²) in [7, 11) is 0. The molecular weight excluding hydrogens is 326 g/mol. The average molecular weight is 339 g/mol. The van der Waals surface area contributed by atoms with Gasteiger partial charge in [-0.3, -0.25) is 4.79 Å². The lowest BCUT2D eigenvalue weighted by Gasteiger charge is -2.21. The Hall–Kier alpha value is -1.57. The molecule has 0 bridgehead atoms. The zero-order chi connectivity index (χ0) is 16.2. The first kappa shape index (κ1) is 17.5. The van der Waals surface area contributed by atoms with Crippen LogP contribution in [0, 0.1) is 5.82 Å². The van der Waals surface area contributed by atoms with Gasteiger partial charge in [0, 0.05) is 12.2 Å². The van der Waals surface area contributed by atoms with Gasteiger partial charge in [0.1, 0.15) is 0 Å². The average Bonchev–Trinajstić information content (AvgIpc) is 2.32. The van der Waals surface area contributed by atoms with Gasteiger partial charge in [-0.25, -0.2) is 9.18 Å². The van der Waals surface area contributed by atoms with Gasteiger partial charge in [0.05, 0.1) is 22.1 Å². The van der Waals surface area contributed by atoms with Crippen LogP contribution >= 0.6 is 23.2 Å². The van der Waals surface area contributed by atoms with Crippen molar-refractivity contribution >= 4 is 40.9 Å². The van der Waals surface area contributed by atoms with Gasteiger partial charge < -0.3 is 20.8 Å². The van der Waals surface area contributed by atoms with Crippen molar-refractivity contribution in [3.63, 3.8) is 0 Å². The van der Waals surface area contributed by atoms with Crippen molar-refractivity contribution in [1.29, 1.82) is 0 Å². The predicted octanol–water partition coefficient (Wildman–Crippen LogP) is 2.48. The summed E-state index contributed by atoms with van der Waals surface area (Å²) >= 11 is 11.1. The van der Waals surface area contributed by atoms with Crippen LogP contribution in [0.3, 0.4) is 0 Å². The van der Waals surface area contributed by atoms with Crippen LogP contribution in [0.25, 0.3) is 0 Å². The van der Waals surface area contributed by atoms with E-state index in [0.717, 1.165) is 12.1 Å². The van der Waals surface area contributed by atoms with Crippen molar-refractivity contribution in [2.24, 2.45) is 0 Å². The lowest BCUT2D eigenvalue weighted by molar-refractivity contribution is -0.141. The number of halogens is 3. The molecule has 0 aliphatic carbocycles. The molecule has 2 amide bonds. The molecule has 9 heteroatoms. The van der Waals surface area contributed by atoms with Crippen molar-refractivity contribution < 1.29 is 24.2 Å². The second-order valence-electron chi connectivity index (χ2n) is 4.63. The number of rotatable bonds is 5. The molecule has 1 atom stereocenters. The zero-order valence-electron chi connectivity index (χ0n) is 10.9. The van der Waals surface area contributed by atoms with E-state index in [4.69, 9.17) is 28.3 Å². The maximum absolute atomic E-state index is 13.2. The number of hydrogen-bond donors (Lipinski definition) is 4. The highest BCUT2D eigenvalue weighted by atomic mass is 35.5. The fraction of sp³-hybridized carbons (Fsp3) is 0.333. The van der Waals surface area contributed by atoms with E-state index in [1.54, 1.807) is 0 Å². The van der Waals surface area contributed by atoms with E-state index in [1.165, 1.54) is 6.92 Å². The standard InChI is InChI=1S/C12H13Cl2FN2O4/c1-12(21,4-9(18)19)5-16-11(20)17-6-2-7(13)10(15)8(14)3-6/h2-3,21H,4-5H2,1H3,(H,18,19)(H2,16,17,20). The van der Waals surface area contributed by atoms with Crippen molar-refractivity contribution in [3.05, 3.63) is 28.0 Å². The highest BCUT2D eigenvalue weighted by Gasteiger charge is 2.24. The van der Waals surface area contributed by atoms with E-state index >= 15 is 0 Å². The Labute approximate surface area is 129 Å². The van der Waals surface area contributed by atoms with Crippen LogP contribution in [0.5, 0.6) is 0 Å². The number of hydrogen-bond acceptors (Lipinski definition) is 3. The molecule has 0 aliphatic heterocycles. The second kappa shape index (κ2) is 6.93. The number of carboxylic acids is 1. The van der Waals surface area contributed by atoms with Gasteiger partial charge in [0.2, 0.25) is 0 Å². The fourth-order valence-electron chi connectivity index (χ4n) is 1.46. The fourth-order valence-corrected chi connectivity index (χ4v) is 1.95. The minimum atomic E-state index is -1.60. The van der Waals surface area contributed by atoms with E-state index in [9.17, 15) is 19.1 Å². The van der Waals surface area contributed by atoms with Crippen molar-refractivity contribution in [2.45, 2.75) is 18.9 Å². The lowest BCUT2D eigenvalue weighted by Crippen LogP contribution is -2.43. The Morgan fingerprint density at radius 2 is 1.86 bits per heavy atom. The van der Waals surface area contributed by atoms with E-state index in [2.05, 4.69) is 10.6 Å². The summed E-state index contributed by atoms with van der Waals surface area (Å²) in [6, 6.07) is 1.61. The van der Waals surface area contributed by atoms with Gasteiger partial charge in [-0.05, 0) is 19.1 Å². The number of benzene rings is 1. The van der Waals surface area contributed by atoms with E-state index in [-0.39, 0.29) is 22.3 Å². The van der Waals surface area contributed by atoms with Gasteiger partial charge in [0.15, 0.2) is 5.82 Å². The number of carboxylic acid groups (broad SMARTS) is 1. The monoisotopic (exact) mass is 338 g/mol. The topological polar surface area (TPSA) is 98.7 Å². The molecule has 4 N–H and O–H groups in total. The molecule has 0 heterocycles. The molecule has 6 nitrogen and oxygen atoms in total. The molecule has 0 aliphatic rings. The summed E-state index contributed by atoms with van der Waals surface area (Å²) in [4.78, 5) is 22.1. The molecule has 0 fully saturated rings. The number of aliphatic hydroxyl groups is 1. The molecule has 0 radical (unpaired) electrons. The number of carbonyl (C=O) groups is 2. The van der Waals surface area contributed by atoms with Crippen LogP contribution < -0.4 is 10.6 Å². The van der Waals surface area contributed by atoms with Crippen molar-refractivity contribution in [1.82, 2.24) is 5.32 Å². The van der Waals surface area contributed by atoms with Crippen LogP contribution in [0.1, 0.15) is 13.3 Å². The van der Waals surface area contributed by atoms with Gasteiger partial charge in [-0.2, -0.15) is 0 Å². The Bertz CT molecular complexity index is 543. The zero-order valence-corrected chi connectivity index (χ0v) is 12.4. The predicted molar refractivity (Wildman–Crippen MR) is 76.3 cm³/mol. The molecule has 0 saturated carbocycles. The third kappa shape index (κ3) is 5.74. The Morgan fingerprint density at radius 3 is 2.33 bits per heavy atom. The largest absolute Gasteiger partial charge is 0.481 e. The number of anilines is 1. The minimum Gasteiger partial charge on any atom is -0.481 e. The van der Waals surface area contributed by atoms with Gasteiger partial charge >= 0.3 is 12.0 Å². The first-order valence-electron chi connectivity index (χ1n) is 5.74. The minimum absolute atomic E-state index is 0.154. The van der Waals surface area contributed by atoms with Gasteiger partial charge in [-0.1, -0.05) is 23.2 Å². The first-order valence-corrected chi connectivity index (χ1v) is 6.50. The second-order valence-corrected chi connectivity index (χ2v) is 5.44. The summed E-state index contributed by atoms with van der Waals surface area (Å²) < 4.78 is 13.2. The van der Waals surface area contributed by atoms with Crippen LogP contribution in [-0.2, 0) is 4.79 Å². The molecule has 0 spiro atoms. The first-order chi connectivity index (χ1) is 9.60. The number of amides is 2. The summed E-state index contributed by atoms with van der Waals surface area (Å²) in [5.74, 6) is -1.99. The summed E-state index contributed by atoms with van der Waals surface area (Å²) in [6.07, 6.45) is -0.526. The molecule has 0 aromatic heterocycles. The Kier molecular flexibility index (Phi) is 5.77. The Balaban J connectivity index is 2.60. The normalized spacial score (nSPS) is 13.4. The van der Waals surface area contributed by atoms with Gasteiger partial charge in [-0.15, -0.1) is 0 Å². The summed E-state index contributed by atoms with van der Waals surface area (Å²) in [5, 5.41) is 22.4. The maximum atomic E-state index is 13.2. The van der Waals surface area contributed by atoms with E-state index in [1.807, 2.05) is 0 Å². The summed E-state index contributed by atoms with van der Waals surface area (Å²) in [6.45, 7) is 0.987. The molecule has 21 heavy (non-hydrogen) atoms. The maximum Gasteiger partial charge on any atom is 0.319 e. The van der Waals surface area contributed by atoms with Crippen molar-refractivity contribution in [3.8, 4) is 0 Å². The smallest absolute Gasteiger partial charge is 0.319 e. The van der Waals surface area contributed by atoms with Crippen molar-refractivity contribution in [2.75, 3.05) is 11.9 Å². The highest BCUT2D eigenvalue weighted by Crippen LogP contribution is 2.27. The molecule has 116 valence electrons. The SMILES string of the molecule is CC(O)(CNC(=O)Nc1cc(Cl)c(F)c(Cl)c1)CC(=O)O. The molecule has 1 rings (SSSR count). The molecule has 1 aromatic rings. The lowest BCUT2D eigenvalue weighted by atomic mass is 10.0. The van der Waals surface area contributed by atoms with Crippen LogP contribution in [-0.4, -0.2) is 34.4 Å². The quantitative estimate of drug-likeness (QED) is 0.620. The van der Waals surface area contributed by atoms with Crippen LogP contribution in [0.2, 0.25) is 10.0 Å². The number of urea groups is 1.